The van der Waals surface area contributed by atoms with E-state index in [9.17, 15) is 13.2 Å². The van der Waals surface area contributed by atoms with Crippen molar-refractivity contribution in [3.05, 3.63) is 12.4 Å². The van der Waals surface area contributed by atoms with Gasteiger partial charge >= 0.3 is 0 Å². The molecule has 1 heterocycles. The monoisotopic (exact) mass is 188 g/mol. The molecule has 0 unspecified atom stereocenters. The number of sulfone groups is 1. The van der Waals surface area contributed by atoms with Gasteiger partial charge in [0.05, 0.1) is 12.7 Å². The number of aldehydes is 1. The van der Waals surface area contributed by atoms with Gasteiger partial charge in [-0.25, -0.2) is 8.42 Å². The van der Waals surface area contributed by atoms with Gasteiger partial charge in [-0.2, -0.15) is 5.10 Å². The Balaban J connectivity index is 2.99. The van der Waals surface area contributed by atoms with Crippen molar-refractivity contribution >= 4 is 16.1 Å². The Hall–Kier alpha value is -1.17. The van der Waals surface area contributed by atoms with E-state index in [0.717, 1.165) is 6.26 Å². The quantitative estimate of drug-likeness (QED) is 0.599. The van der Waals surface area contributed by atoms with Crippen molar-refractivity contribution in [2.75, 3.05) is 6.26 Å². The van der Waals surface area contributed by atoms with Crippen LogP contribution in [-0.2, 0) is 21.2 Å². The minimum atomic E-state index is -3.20. The Bertz CT molecular complexity index is 379. The molecule has 12 heavy (non-hydrogen) atoms. The van der Waals surface area contributed by atoms with E-state index in [1.54, 1.807) is 0 Å². The number of carbonyl (C=O) groups is 1. The minimum absolute atomic E-state index is 0.0789. The third kappa shape index (κ3) is 1.91. The van der Waals surface area contributed by atoms with Crippen molar-refractivity contribution in [1.29, 1.82) is 0 Å². The average molecular weight is 188 g/mol. The van der Waals surface area contributed by atoms with E-state index in [4.69, 9.17) is 0 Å². The first-order valence-corrected chi connectivity index (χ1v) is 5.09. The molecule has 66 valence electrons. The van der Waals surface area contributed by atoms with E-state index in [1.165, 1.54) is 17.1 Å². The van der Waals surface area contributed by atoms with E-state index in [1.807, 2.05) is 0 Å². The van der Waals surface area contributed by atoms with E-state index in [2.05, 4.69) is 5.10 Å². The second-order valence-electron chi connectivity index (χ2n) is 2.34. The molecule has 1 aromatic rings. The zero-order chi connectivity index (χ0) is 9.19. The number of hydrogen-bond donors (Lipinski definition) is 0. The molecule has 0 N–H and O–H groups in total. The van der Waals surface area contributed by atoms with Crippen LogP contribution in [0, 0.1) is 0 Å². The van der Waals surface area contributed by atoms with E-state index >= 15 is 0 Å². The summed E-state index contributed by atoms with van der Waals surface area (Å²) in [6.07, 6.45) is 4.29. The van der Waals surface area contributed by atoms with Gasteiger partial charge in [-0.15, -0.1) is 0 Å². The third-order valence-electron chi connectivity index (χ3n) is 1.30. The summed E-state index contributed by atoms with van der Waals surface area (Å²) in [4.78, 5) is 10.2. The van der Waals surface area contributed by atoms with E-state index < -0.39 is 9.84 Å². The number of nitrogens with zero attached hydrogens (tertiary/aromatic N) is 2. The molecule has 0 bridgehead atoms. The molecule has 0 aliphatic carbocycles. The lowest BCUT2D eigenvalue weighted by Crippen LogP contribution is -1.99. The number of carbonyl (C=O) groups excluding carboxylic acids is 1. The van der Waals surface area contributed by atoms with Crippen molar-refractivity contribution in [2.24, 2.45) is 0 Å². The molecule has 0 aliphatic rings. The number of aromatic nitrogens is 2. The number of rotatable bonds is 3. The summed E-state index contributed by atoms with van der Waals surface area (Å²) in [6, 6.07) is 0. The molecule has 1 aromatic heterocycles. The summed E-state index contributed by atoms with van der Waals surface area (Å²) in [7, 11) is -3.20. The summed E-state index contributed by atoms with van der Waals surface area (Å²) in [5.74, 6) is 0. The topological polar surface area (TPSA) is 69.0 Å². The van der Waals surface area contributed by atoms with Crippen LogP contribution >= 0.6 is 0 Å². The van der Waals surface area contributed by atoms with Gasteiger partial charge in [0.2, 0.25) is 0 Å². The summed E-state index contributed by atoms with van der Waals surface area (Å²) < 4.78 is 23.1. The zero-order valence-corrected chi connectivity index (χ0v) is 7.28. The van der Waals surface area contributed by atoms with Crippen LogP contribution in [0.15, 0.2) is 17.3 Å². The molecular formula is C6H8N2O3S. The Morgan fingerprint density at radius 2 is 2.33 bits per heavy atom. The fraction of sp³-hybridized carbons (Fsp3) is 0.333. The second-order valence-corrected chi connectivity index (χ2v) is 4.35. The molecule has 0 spiro atoms. The fourth-order valence-corrected chi connectivity index (χ4v) is 1.26. The average Bonchev–Trinajstić information content (AvgIpc) is 2.35. The molecule has 5 nitrogen and oxygen atoms in total. The normalized spacial score (nSPS) is 11.4. The van der Waals surface area contributed by atoms with Crippen molar-refractivity contribution in [2.45, 2.75) is 11.4 Å². The summed E-state index contributed by atoms with van der Waals surface area (Å²) >= 11 is 0. The molecule has 0 atom stereocenters. The van der Waals surface area contributed by atoms with Crippen LogP contribution in [0.4, 0.5) is 0 Å². The van der Waals surface area contributed by atoms with Gasteiger partial charge in [-0.1, -0.05) is 0 Å². The largest absolute Gasteiger partial charge is 0.301 e. The van der Waals surface area contributed by atoms with E-state index in [0.29, 0.717) is 6.29 Å². The Morgan fingerprint density at radius 3 is 2.75 bits per heavy atom. The molecule has 1 rings (SSSR count). The molecule has 0 saturated carbocycles. The predicted octanol–water partition coefficient (Wildman–Crippen LogP) is -0.515. The first-order chi connectivity index (χ1) is 5.54. The molecule has 0 aliphatic heterocycles. The first-order valence-electron chi connectivity index (χ1n) is 3.20. The maximum atomic E-state index is 10.9. The van der Waals surface area contributed by atoms with Crippen LogP contribution in [0.5, 0.6) is 0 Å². The first kappa shape index (κ1) is 8.92. The third-order valence-corrected chi connectivity index (χ3v) is 2.37. The van der Waals surface area contributed by atoms with Crippen LogP contribution in [-0.4, -0.2) is 30.7 Å². The lowest BCUT2D eigenvalue weighted by atomic mass is 10.7. The van der Waals surface area contributed by atoms with Crippen molar-refractivity contribution in [3.63, 3.8) is 0 Å². The summed E-state index contributed by atoms with van der Waals surface area (Å²) in [5.41, 5.74) is 0. The maximum absolute atomic E-state index is 10.9. The molecule has 0 saturated heterocycles. The minimum Gasteiger partial charge on any atom is -0.301 e. The van der Waals surface area contributed by atoms with Gasteiger partial charge in [0, 0.05) is 12.5 Å². The summed E-state index contributed by atoms with van der Waals surface area (Å²) in [6.45, 7) is 0.0789. The SMILES string of the molecule is CS(=O)(=O)c1cnn(CC=O)c1. The zero-order valence-electron chi connectivity index (χ0n) is 6.47. The fourth-order valence-electron chi connectivity index (χ4n) is 0.712. The summed E-state index contributed by atoms with van der Waals surface area (Å²) in [5, 5.41) is 3.68. The highest BCUT2D eigenvalue weighted by atomic mass is 32.2. The second kappa shape index (κ2) is 3.06. The highest BCUT2D eigenvalue weighted by Crippen LogP contribution is 2.05. The lowest BCUT2D eigenvalue weighted by Gasteiger charge is -1.90. The van der Waals surface area contributed by atoms with Crippen molar-refractivity contribution in [3.8, 4) is 0 Å². The van der Waals surface area contributed by atoms with Crippen LogP contribution in [0.3, 0.4) is 0 Å². The molecular weight excluding hydrogens is 180 g/mol. The standard InChI is InChI=1S/C6H8N2O3S/c1-12(10,11)6-4-7-8(5-6)2-3-9/h3-5H,2H2,1H3. The van der Waals surface area contributed by atoms with Gasteiger partial charge in [-0.05, 0) is 0 Å². The lowest BCUT2D eigenvalue weighted by molar-refractivity contribution is -0.108. The molecule has 0 fully saturated rings. The molecule has 0 aromatic carbocycles. The number of hydrogen-bond acceptors (Lipinski definition) is 4. The van der Waals surface area contributed by atoms with Gasteiger partial charge in [0.25, 0.3) is 0 Å². The van der Waals surface area contributed by atoms with Crippen LogP contribution in [0.2, 0.25) is 0 Å². The van der Waals surface area contributed by atoms with E-state index in [-0.39, 0.29) is 11.4 Å². The van der Waals surface area contributed by atoms with Crippen molar-refractivity contribution in [1.82, 2.24) is 9.78 Å². The smallest absolute Gasteiger partial charge is 0.178 e. The van der Waals surface area contributed by atoms with Gasteiger partial charge < -0.3 is 4.79 Å². The highest BCUT2D eigenvalue weighted by Gasteiger charge is 2.08. The maximum Gasteiger partial charge on any atom is 0.178 e. The Morgan fingerprint density at radius 1 is 1.67 bits per heavy atom. The van der Waals surface area contributed by atoms with Crippen molar-refractivity contribution < 1.29 is 13.2 Å². The molecule has 0 radical (unpaired) electrons. The van der Waals surface area contributed by atoms with Crippen LogP contribution in [0.1, 0.15) is 0 Å². The Labute approximate surface area is 69.9 Å². The van der Waals surface area contributed by atoms with Gasteiger partial charge in [0.1, 0.15) is 11.2 Å². The Kier molecular flexibility index (Phi) is 2.27. The highest BCUT2D eigenvalue weighted by molar-refractivity contribution is 7.90. The van der Waals surface area contributed by atoms with Crippen LogP contribution < -0.4 is 0 Å². The van der Waals surface area contributed by atoms with Gasteiger partial charge in [-0.3, -0.25) is 4.68 Å². The van der Waals surface area contributed by atoms with Crippen LogP contribution in [0.25, 0.3) is 0 Å². The predicted molar refractivity (Wildman–Crippen MR) is 41.4 cm³/mol. The molecule has 6 heteroatoms. The van der Waals surface area contributed by atoms with Gasteiger partial charge in [0.15, 0.2) is 9.84 Å². The molecule has 0 amide bonds.